The number of aryl methyl sites for hydroxylation is 1. The summed E-state index contributed by atoms with van der Waals surface area (Å²) in [5.74, 6) is -0.774. The molecule has 0 aliphatic heterocycles. The summed E-state index contributed by atoms with van der Waals surface area (Å²) >= 11 is 0. The molecule has 1 aromatic carbocycles. The van der Waals surface area contributed by atoms with E-state index in [1.54, 1.807) is 6.08 Å². The van der Waals surface area contributed by atoms with Crippen molar-refractivity contribution in [1.82, 2.24) is 0 Å². The Kier molecular flexibility index (Phi) is 4.76. The Labute approximate surface area is 102 Å². The lowest BCUT2D eigenvalue weighted by atomic mass is 10.1. The third kappa shape index (κ3) is 3.63. The third-order valence-electron chi connectivity index (χ3n) is 2.86. The lowest BCUT2D eigenvalue weighted by Gasteiger charge is -2.25. The van der Waals surface area contributed by atoms with Crippen LogP contribution in [0.3, 0.4) is 0 Å². The van der Waals surface area contributed by atoms with Gasteiger partial charge in [-0.3, -0.25) is 4.79 Å². The number of rotatable bonds is 6. The first-order chi connectivity index (χ1) is 8.06. The van der Waals surface area contributed by atoms with Gasteiger partial charge in [-0.2, -0.15) is 0 Å². The molecular weight excluding hydrogens is 214 g/mol. The highest BCUT2D eigenvalue weighted by Gasteiger charge is 2.10. The van der Waals surface area contributed by atoms with Crippen LogP contribution >= 0.6 is 0 Å². The number of carbonyl (C=O) groups is 1. The van der Waals surface area contributed by atoms with Crippen LogP contribution in [0.4, 0.5) is 5.69 Å². The van der Waals surface area contributed by atoms with Gasteiger partial charge in [0.15, 0.2) is 0 Å². The molecule has 1 N–H and O–H groups in total. The summed E-state index contributed by atoms with van der Waals surface area (Å²) in [4.78, 5) is 12.7. The highest BCUT2D eigenvalue weighted by Crippen LogP contribution is 2.22. The van der Waals surface area contributed by atoms with Crippen molar-refractivity contribution in [3.63, 3.8) is 0 Å². The highest BCUT2D eigenvalue weighted by molar-refractivity contribution is 5.68. The highest BCUT2D eigenvalue weighted by atomic mass is 16.4. The quantitative estimate of drug-likeness (QED) is 0.768. The molecule has 92 valence electrons. The number of hydrogen-bond acceptors (Lipinski definition) is 2. The SMILES string of the molecule is C=CCN(CCC(=O)O)c1cccc(C)c1C. The zero-order valence-corrected chi connectivity index (χ0v) is 10.4. The molecule has 0 radical (unpaired) electrons. The fourth-order valence-corrected chi connectivity index (χ4v) is 1.77. The second-order valence-corrected chi connectivity index (χ2v) is 4.10. The lowest BCUT2D eigenvalue weighted by Crippen LogP contribution is -2.27. The first kappa shape index (κ1) is 13.3. The van der Waals surface area contributed by atoms with E-state index in [4.69, 9.17) is 5.11 Å². The fraction of sp³-hybridized carbons (Fsp3) is 0.357. The maximum absolute atomic E-state index is 10.6. The van der Waals surface area contributed by atoms with E-state index in [1.165, 1.54) is 11.1 Å². The molecule has 3 heteroatoms. The number of benzene rings is 1. The molecule has 1 rings (SSSR count). The average Bonchev–Trinajstić information content (AvgIpc) is 2.28. The van der Waals surface area contributed by atoms with Crippen LogP contribution in [-0.2, 0) is 4.79 Å². The summed E-state index contributed by atoms with van der Waals surface area (Å²) in [6, 6.07) is 6.07. The zero-order chi connectivity index (χ0) is 12.8. The molecule has 0 saturated carbocycles. The third-order valence-corrected chi connectivity index (χ3v) is 2.86. The molecule has 0 saturated heterocycles. The molecule has 0 heterocycles. The monoisotopic (exact) mass is 233 g/mol. The van der Waals surface area contributed by atoms with Gasteiger partial charge in [0.25, 0.3) is 0 Å². The van der Waals surface area contributed by atoms with Gasteiger partial charge in [0, 0.05) is 18.8 Å². The molecule has 0 atom stereocenters. The van der Waals surface area contributed by atoms with Gasteiger partial charge in [0.2, 0.25) is 0 Å². The predicted molar refractivity (Wildman–Crippen MR) is 70.6 cm³/mol. The van der Waals surface area contributed by atoms with Crippen molar-refractivity contribution in [2.45, 2.75) is 20.3 Å². The lowest BCUT2D eigenvalue weighted by molar-refractivity contribution is -0.136. The van der Waals surface area contributed by atoms with Crippen molar-refractivity contribution < 1.29 is 9.90 Å². The molecule has 0 aliphatic carbocycles. The van der Waals surface area contributed by atoms with Crippen molar-refractivity contribution in [3.05, 3.63) is 42.0 Å². The van der Waals surface area contributed by atoms with Crippen molar-refractivity contribution in [2.24, 2.45) is 0 Å². The standard InChI is InChI=1S/C14H19NO2/c1-4-9-15(10-8-14(16)17)13-7-5-6-11(2)12(13)3/h4-7H,1,8-10H2,2-3H3,(H,16,17). The Morgan fingerprint density at radius 1 is 1.47 bits per heavy atom. The van der Waals surface area contributed by atoms with Crippen LogP contribution in [-0.4, -0.2) is 24.2 Å². The van der Waals surface area contributed by atoms with E-state index >= 15 is 0 Å². The Hall–Kier alpha value is -1.77. The summed E-state index contributed by atoms with van der Waals surface area (Å²) in [5, 5.41) is 8.75. The molecule has 1 aromatic rings. The van der Waals surface area contributed by atoms with Crippen molar-refractivity contribution in [1.29, 1.82) is 0 Å². The van der Waals surface area contributed by atoms with Gasteiger partial charge >= 0.3 is 5.97 Å². The van der Waals surface area contributed by atoms with Gasteiger partial charge in [-0.25, -0.2) is 0 Å². The van der Waals surface area contributed by atoms with E-state index in [-0.39, 0.29) is 6.42 Å². The second-order valence-electron chi connectivity index (χ2n) is 4.10. The molecule has 17 heavy (non-hydrogen) atoms. The Bertz CT molecular complexity index is 413. The van der Waals surface area contributed by atoms with Gasteiger partial charge in [-0.05, 0) is 31.0 Å². The molecule has 0 unspecified atom stereocenters. The van der Waals surface area contributed by atoms with E-state index < -0.39 is 5.97 Å². The van der Waals surface area contributed by atoms with Crippen molar-refractivity contribution >= 4 is 11.7 Å². The maximum atomic E-state index is 10.6. The molecule has 0 spiro atoms. The van der Waals surface area contributed by atoms with Gasteiger partial charge in [0.1, 0.15) is 0 Å². The van der Waals surface area contributed by atoms with E-state index in [2.05, 4.69) is 26.5 Å². The Balaban J connectivity index is 2.92. The molecule has 0 aromatic heterocycles. The topological polar surface area (TPSA) is 40.5 Å². The van der Waals surface area contributed by atoms with Gasteiger partial charge < -0.3 is 10.0 Å². The minimum atomic E-state index is -0.774. The van der Waals surface area contributed by atoms with E-state index in [9.17, 15) is 4.79 Å². The van der Waals surface area contributed by atoms with E-state index in [0.29, 0.717) is 13.1 Å². The normalized spacial score (nSPS) is 10.0. The predicted octanol–water partition coefficient (Wildman–Crippen LogP) is 2.77. The summed E-state index contributed by atoms with van der Waals surface area (Å²) in [5.41, 5.74) is 3.50. The molecule has 0 bridgehead atoms. The summed E-state index contributed by atoms with van der Waals surface area (Å²) < 4.78 is 0. The minimum Gasteiger partial charge on any atom is -0.481 e. The van der Waals surface area contributed by atoms with Crippen LogP contribution in [0.2, 0.25) is 0 Å². The molecule has 0 amide bonds. The second kappa shape index (κ2) is 6.09. The number of hydrogen-bond donors (Lipinski definition) is 1. The van der Waals surface area contributed by atoms with Crippen molar-refractivity contribution in [2.75, 3.05) is 18.0 Å². The molecule has 0 fully saturated rings. The molecule has 0 aliphatic rings. The van der Waals surface area contributed by atoms with E-state index in [0.717, 1.165) is 5.69 Å². The summed E-state index contributed by atoms with van der Waals surface area (Å²) in [7, 11) is 0. The number of carboxylic acid groups (broad SMARTS) is 1. The van der Waals surface area contributed by atoms with Gasteiger partial charge in [-0.1, -0.05) is 18.2 Å². The van der Waals surface area contributed by atoms with Crippen molar-refractivity contribution in [3.8, 4) is 0 Å². The number of aliphatic carboxylic acids is 1. The first-order valence-corrected chi connectivity index (χ1v) is 5.70. The van der Waals surface area contributed by atoms with Gasteiger partial charge in [-0.15, -0.1) is 6.58 Å². The largest absolute Gasteiger partial charge is 0.481 e. The summed E-state index contributed by atoms with van der Waals surface area (Å²) in [6.07, 6.45) is 1.94. The van der Waals surface area contributed by atoms with Gasteiger partial charge in [0.05, 0.1) is 6.42 Å². The van der Waals surface area contributed by atoms with Crippen LogP contribution < -0.4 is 4.90 Å². The molecule has 3 nitrogen and oxygen atoms in total. The zero-order valence-electron chi connectivity index (χ0n) is 10.4. The molecular formula is C14H19NO2. The fourth-order valence-electron chi connectivity index (χ4n) is 1.77. The van der Waals surface area contributed by atoms with E-state index in [1.807, 2.05) is 17.0 Å². The summed E-state index contributed by atoms with van der Waals surface area (Å²) in [6.45, 7) is 9.00. The van der Waals surface area contributed by atoms with Crippen LogP contribution in [0.5, 0.6) is 0 Å². The van der Waals surface area contributed by atoms with Crippen LogP contribution in [0, 0.1) is 13.8 Å². The van der Waals surface area contributed by atoms with Crippen LogP contribution in [0.15, 0.2) is 30.9 Å². The van der Waals surface area contributed by atoms with Crippen LogP contribution in [0.25, 0.3) is 0 Å². The smallest absolute Gasteiger partial charge is 0.305 e. The Morgan fingerprint density at radius 2 is 2.18 bits per heavy atom. The minimum absolute atomic E-state index is 0.140. The maximum Gasteiger partial charge on any atom is 0.305 e. The number of nitrogens with zero attached hydrogens (tertiary/aromatic N) is 1. The van der Waals surface area contributed by atoms with Crippen LogP contribution in [0.1, 0.15) is 17.5 Å². The number of carboxylic acids is 1. The number of anilines is 1. The first-order valence-electron chi connectivity index (χ1n) is 5.70. The average molecular weight is 233 g/mol. The Morgan fingerprint density at radius 3 is 2.76 bits per heavy atom.